The van der Waals surface area contributed by atoms with Crippen molar-refractivity contribution in [2.24, 2.45) is 5.73 Å². The number of fused-ring (bicyclic) bond motifs is 1. The van der Waals surface area contributed by atoms with Gasteiger partial charge in [0.1, 0.15) is 5.52 Å². The highest BCUT2D eigenvalue weighted by Crippen LogP contribution is 2.30. The van der Waals surface area contributed by atoms with Crippen molar-refractivity contribution < 1.29 is 9.21 Å². The predicted molar refractivity (Wildman–Crippen MR) is 100 cm³/mol. The van der Waals surface area contributed by atoms with E-state index in [-0.39, 0.29) is 42.7 Å². The minimum atomic E-state index is -0.0907. The maximum atomic E-state index is 12.0. The van der Waals surface area contributed by atoms with Crippen molar-refractivity contribution in [2.45, 2.75) is 38.1 Å². The summed E-state index contributed by atoms with van der Waals surface area (Å²) >= 11 is 5.97. The summed E-state index contributed by atoms with van der Waals surface area (Å²) in [6.07, 6.45) is 2.14. The lowest BCUT2D eigenvalue weighted by atomic mass is 9.96. The Labute approximate surface area is 158 Å². The second kappa shape index (κ2) is 8.90. The number of piperidine rings is 1. The molecular formula is C16H22Cl3N3O2. The third kappa shape index (κ3) is 4.76. The average molecular weight is 395 g/mol. The van der Waals surface area contributed by atoms with Crippen molar-refractivity contribution in [3.63, 3.8) is 0 Å². The van der Waals surface area contributed by atoms with Crippen LogP contribution in [0.1, 0.15) is 38.0 Å². The van der Waals surface area contributed by atoms with E-state index < -0.39 is 0 Å². The highest BCUT2D eigenvalue weighted by molar-refractivity contribution is 6.31. The SMILES string of the molecule is CC(N)CC(=O)N1CCC(c2nc3cc(Cl)ccc3o2)CC1.Cl.Cl. The molecule has 134 valence electrons. The van der Waals surface area contributed by atoms with E-state index in [0.717, 1.165) is 42.9 Å². The number of benzene rings is 1. The molecule has 0 saturated carbocycles. The maximum Gasteiger partial charge on any atom is 0.224 e. The van der Waals surface area contributed by atoms with Crippen molar-refractivity contribution in [2.75, 3.05) is 13.1 Å². The van der Waals surface area contributed by atoms with Gasteiger partial charge < -0.3 is 15.1 Å². The normalized spacial score (nSPS) is 16.4. The molecule has 0 radical (unpaired) electrons. The van der Waals surface area contributed by atoms with Crippen molar-refractivity contribution >= 4 is 53.4 Å². The molecule has 1 saturated heterocycles. The molecule has 1 aromatic carbocycles. The summed E-state index contributed by atoms with van der Waals surface area (Å²) < 4.78 is 5.83. The predicted octanol–water partition coefficient (Wildman–Crippen LogP) is 3.77. The summed E-state index contributed by atoms with van der Waals surface area (Å²) in [5, 5.41) is 0.656. The minimum absolute atomic E-state index is 0. The second-order valence-electron chi connectivity index (χ2n) is 6.00. The number of oxazole rings is 1. The number of likely N-dealkylation sites (tertiary alicyclic amines) is 1. The topological polar surface area (TPSA) is 72.4 Å². The molecule has 0 bridgehead atoms. The van der Waals surface area contributed by atoms with Crippen LogP contribution in [0.2, 0.25) is 5.02 Å². The van der Waals surface area contributed by atoms with Crippen molar-refractivity contribution in [3.8, 4) is 0 Å². The van der Waals surface area contributed by atoms with E-state index in [1.165, 1.54) is 0 Å². The number of hydrogen-bond acceptors (Lipinski definition) is 4. The van der Waals surface area contributed by atoms with Crippen molar-refractivity contribution in [1.82, 2.24) is 9.88 Å². The first-order valence-corrected chi connectivity index (χ1v) is 8.00. The van der Waals surface area contributed by atoms with Gasteiger partial charge in [-0.05, 0) is 38.0 Å². The standard InChI is InChI=1S/C16H20ClN3O2.2ClH/c1-10(18)8-15(21)20-6-4-11(5-7-20)16-19-13-9-12(17)2-3-14(13)22-16;;/h2-3,9-11H,4-8,18H2,1H3;2*1H. The summed E-state index contributed by atoms with van der Waals surface area (Å²) in [5.74, 6) is 1.14. The third-order valence-electron chi connectivity index (χ3n) is 4.06. The van der Waals surface area contributed by atoms with Gasteiger partial charge in [-0.1, -0.05) is 11.6 Å². The van der Waals surface area contributed by atoms with Gasteiger partial charge in [-0.2, -0.15) is 0 Å². The Balaban J connectivity index is 0.00000144. The molecule has 1 amide bonds. The maximum absolute atomic E-state index is 12.0. The number of carbonyl (C=O) groups is 1. The van der Waals surface area contributed by atoms with Crippen LogP contribution in [-0.4, -0.2) is 34.9 Å². The second-order valence-corrected chi connectivity index (χ2v) is 6.44. The fraction of sp³-hybridized carbons (Fsp3) is 0.500. The molecule has 1 unspecified atom stereocenters. The molecule has 1 atom stereocenters. The molecule has 0 spiro atoms. The average Bonchev–Trinajstić information content (AvgIpc) is 2.89. The van der Waals surface area contributed by atoms with Crippen molar-refractivity contribution in [1.29, 1.82) is 0 Å². The van der Waals surface area contributed by atoms with Crippen LogP contribution >= 0.6 is 36.4 Å². The number of amides is 1. The van der Waals surface area contributed by atoms with E-state index in [4.69, 9.17) is 21.8 Å². The molecule has 2 N–H and O–H groups in total. The number of nitrogens with two attached hydrogens (primary N) is 1. The molecule has 5 nitrogen and oxygen atoms in total. The third-order valence-corrected chi connectivity index (χ3v) is 4.29. The molecule has 1 aliphatic rings. The first kappa shape index (κ1) is 21.0. The van der Waals surface area contributed by atoms with Gasteiger partial charge in [0.25, 0.3) is 0 Å². The highest BCUT2D eigenvalue weighted by Gasteiger charge is 2.27. The van der Waals surface area contributed by atoms with Crippen LogP contribution in [0.3, 0.4) is 0 Å². The first-order chi connectivity index (χ1) is 10.5. The Bertz CT molecular complexity index is 682. The highest BCUT2D eigenvalue weighted by atomic mass is 35.5. The molecule has 2 aromatic rings. The fourth-order valence-corrected chi connectivity index (χ4v) is 3.04. The molecule has 1 aromatic heterocycles. The van der Waals surface area contributed by atoms with Gasteiger partial charge in [0.15, 0.2) is 11.5 Å². The minimum Gasteiger partial charge on any atom is -0.440 e. The Hall–Kier alpha value is -1.01. The van der Waals surface area contributed by atoms with Gasteiger partial charge >= 0.3 is 0 Å². The van der Waals surface area contributed by atoms with E-state index >= 15 is 0 Å². The zero-order valence-corrected chi connectivity index (χ0v) is 15.8. The van der Waals surface area contributed by atoms with Crippen LogP contribution in [0.25, 0.3) is 11.1 Å². The van der Waals surface area contributed by atoms with E-state index in [2.05, 4.69) is 4.98 Å². The van der Waals surface area contributed by atoms with E-state index in [9.17, 15) is 4.79 Å². The summed E-state index contributed by atoms with van der Waals surface area (Å²) in [7, 11) is 0. The zero-order valence-electron chi connectivity index (χ0n) is 13.4. The van der Waals surface area contributed by atoms with Crippen LogP contribution < -0.4 is 5.73 Å². The van der Waals surface area contributed by atoms with Gasteiger partial charge in [-0.25, -0.2) is 4.98 Å². The largest absolute Gasteiger partial charge is 0.440 e. The van der Waals surface area contributed by atoms with E-state index in [1.807, 2.05) is 24.0 Å². The lowest BCUT2D eigenvalue weighted by molar-refractivity contribution is -0.132. The Morgan fingerprint density at radius 2 is 2.08 bits per heavy atom. The molecule has 8 heteroatoms. The molecule has 24 heavy (non-hydrogen) atoms. The number of rotatable bonds is 3. The van der Waals surface area contributed by atoms with Gasteiger partial charge in [0.05, 0.1) is 0 Å². The Kier molecular flexibility index (Phi) is 7.80. The molecule has 0 aliphatic carbocycles. The lowest BCUT2D eigenvalue weighted by Gasteiger charge is -2.31. The molecule has 1 fully saturated rings. The van der Waals surface area contributed by atoms with Crippen LogP contribution in [0.15, 0.2) is 22.6 Å². The van der Waals surface area contributed by atoms with Crippen LogP contribution in [0.5, 0.6) is 0 Å². The van der Waals surface area contributed by atoms with Gasteiger partial charge in [-0.15, -0.1) is 24.8 Å². The quantitative estimate of drug-likeness (QED) is 0.860. The number of carbonyl (C=O) groups excluding carboxylic acids is 1. The lowest BCUT2D eigenvalue weighted by Crippen LogP contribution is -2.40. The monoisotopic (exact) mass is 393 g/mol. The van der Waals surface area contributed by atoms with Crippen LogP contribution in [0.4, 0.5) is 0 Å². The molecule has 2 heterocycles. The summed E-state index contributed by atoms with van der Waals surface area (Å²) in [6, 6.07) is 5.36. The van der Waals surface area contributed by atoms with Crippen molar-refractivity contribution in [3.05, 3.63) is 29.1 Å². The van der Waals surface area contributed by atoms with Gasteiger partial charge in [0.2, 0.25) is 5.91 Å². The summed E-state index contributed by atoms with van der Waals surface area (Å²) in [6.45, 7) is 3.32. The molecular weight excluding hydrogens is 373 g/mol. The Morgan fingerprint density at radius 1 is 1.42 bits per heavy atom. The fourth-order valence-electron chi connectivity index (χ4n) is 2.87. The number of halogens is 3. The first-order valence-electron chi connectivity index (χ1n) is 7.62. The number of hydrogen-bond donors (Lipinski definition) is 1. The van der Waals surface area contributed by atoms with Gasteiger partial charge in [0, 0.05) is 36.5 Å². The van der Waals surface area contributed by atoms with Crippen LogP contribution in [0, 0.1) is 0 Å². The smallest absolute Gasteiger partial charge is 0.224 e. The number of nitrogens with zero attached hydrogens (tertiary/aromatic N) is 2. The summed E-state index contributed by atoms with van der Waals surface area (Å²) in [5.41, 5.74) is 7.24. The van der Waals surface area contributed by atoms with Gasteiger partial charge in [-0.3, -0.25) is 4.79 Å². The molecule has 1 aliphatic heterocycles. The Morgan fingerprint density at radius 3 is 2.71 bits per heavy atom. The molecule has 3 rings (SSSR count). The van der Waals surface area contributed by atoms with E-state index in [0.29, 0.717) is 11.4 Å². The zero-order chi connectivity index (χ0) is 15.7. The van der Waals surface area contributed by atoms with E-state index in [1.54, 1.807) is 6.07 Å². The summed E-state index contributed by atoms with van der Waals surface area (Å²) in [4.78, 5) is 18.5. The number of aromatic nitrogens is 1. The van der Waals surface area contributed by atoms with Crippen LogP contribution in [-0.2, 0) is 4.79 Å².